The first kappa shape index (κ1) is 13.0. The molecular formula is C10H8BrF3O2. The Balaban J connectivity index is 3.30. The molecule has 0 saturated carbocycles. The molecule has 0 aromatic heterocycles. The minimum Gasteiger partial charge on any atom is -0.405 e. The largest absolute Gasteiger partial charge is 0.573 e. The van der Waals surface area contributed by atoms with Crippen molar-refractivity contribution in [3.8, 4) is 5.75 Å². The summed E-state index contributed by atoms with van der Waals surface area (Å²) in [6.45, 7) is 2.74. The van der Waals surface area contributed by atoms with Gasteiger partial charge in [0.05, 0.1) is 5.56 Å². The van der Waals surface area contributed by atoms with Crippen molar-refractivity contribution in [3.63, 3.8) is 0 Å². The van der Waals surface area contributed by atoms with E-state index in [1.54, 1.807) is 13.0 Å². The topological polar surface area (TPSA) is 26.3 Å². The maximum atomic E-state index is 12.1. The van der Waals surface area contributed by atoms with E-state index in [9.17, 15) is 18.0 Å². The molecular weight excluding hydrogens is 289 g/mol. The summed E-state index contributed by atoms with van der Waals surface area (Å²) in [7, 11) is 0. The van der Waals surface area contributed by atoms with Crippen LogP contribution < -0.4 is 4.74 Å². The van der Waals surface area contributed by atoms with E-state index in [1.165, 1.54) is 6.92 Å². The van der Waals surface area contributed by atoms with Crippen LogP contribution in [0.2, 0.25) is 0 Å². The quantitative estimate of drug-likeness (QED) is 0.775. The number of carbonyl (C=O) groups excluding carboxylic acids is 1. The summed E-state index contributed by atoms with van der Waals surface area (Å²) >= 11 is 3.05. The van der Waals surface area contributed by atoms with Crippen LogP contribution in [0, 0.1) is 6.92 Å². The third-order valence-corrected chi connectivity index (χ3v) is 2.30. The highest BCUT2D eigenvalue weighted by Gasteiger charge is 2.33. The van der Waals surface area contributed by atoms with E-state index in [2.05, 4.69) is 20.7 Å². The van der Waals surface area contributed by atoms with Crippen LogP contribution in [-0.4, -0.2) is 12.1 Å². The van der Waals surface area contributed by atoms with E-state index in [-0.39, 0.29) is 5.56 Å². The lowest BCUT2D eigenvalue weighted by Crippen LogP contribution is -2.19. The third kappa shape index (κ3) is 3.23. The van der Waals surface area contributed by atoms with Crippen molar-refractivity contribution in [3.05, 3.63) is 27.7 Å². The van der Waals surface area contributed by atoms with E-state index >= 15 is 0 Å². The number of alkyl halides is 3. The third-order valence-electron chi connectivity index (χ3n) is 1.84. The van der Waals surface area contributed by atoms with Crippen molar-refractivity contribution >= 4 is 21.7 Å². The van der Waals surface area contributed by atoms with E-state index in [4.69, 9.17) is 0 Å². The molecule has 0 atom stereocenters. The van der Waals surface area contributed by atoms with Crippen molar-refractivity contribution < 1.29 is 22.7 Å². The van der Waals surface area contributed by atoms with Gasteiger partial charge in [0.15, 0.2) is 5.78 Å². The smallest absolute Gasteiger partial charge is 0.405 e. The van der Waals surface area contributed by atoms with Gasteiger partial charge in [0.1, 0.15) is 5.75 Å². The molecule has 0 amide bonds. The zero-order chi connectivity index (χ0) is 12.5. The number of ether oxygens (including phenoxy) is 1. The van der Waals surface area contributed by atoms with Gasteiger partial charge < -0.3 is 4.74 Å². The van der Waals surface area contributed by atoms with Crippen LogP contribution >= 0.6 is 15.9 Å². The molecule has 0 unspecified atom stereocenters. The Bertz CT molecular complexity index is 427. The normalized spacial score (nSPS) is 11.4. The first-order valence-corrected chi connectivity index (χ1v) is 5.07. The molecule has 0 radical (unpaired) electrons. The summed E-state index contributed by atoms with van der Waals surface area (Å²) in [5, 5.41) is 0. The van der Waals surface area contributed by atoms with E-state index in [0.29, 0.717) is 10.0 Å². The molecule has 1 rings (SSSR count). The number of hydrogen-bond acceptors (Lipinski definition) is 2. The van der Waals surface area contributed by atoms with Gasteiger partial charge >= 0.3 is 6.36 Å². The van der Waals surface area contributed by atoms with Crippen LogP contribution in [0.4, 0.5) is 13.2 Å². The van der Waals surface area contributed by atoms with E-state index in [1.807, 2.05) is 0 Å². The number of halogens is 4. The molecule has 0 aliphatic rings. The molecule has 6 heteroatoms. The predicted molar refractivity (Wildman–Crippen MR) is 55.6 cm³/mol. The Morgan fingerprint density at radius 1 is 1.38 bits per heavy atom. The molecule has 0 aliphatic carbocycles. The second kappa shape index (κ2) is 4.45. The van der Waals surface area contributed by atoms with Crippen LogP contribution in [0.1, 0.15) is 22.8 Å². The molecule has 1 aromatic carbocycles. The van der Waals surface area contributed by atoms with Crippen molar-refractivity contribution in [2.75, 3.05) is 0 Å². The zero-order valence-corrected chi connectivity index (χ0v) is 10.1. The number of benzene rings is 1. The molecule has 0 fully saturated rings. The molecule has 88 valence electrons. The highest BCUT2D eigenvalue weighted by Crippen LogP contribution is 2.32. The standard InChI is InChI=1S/C10H8BrF3O2/c1-5-3-7(11)4-8(9(5)6(2)15)16-10(12,13)14/h3-4H,1-2H3. The molecule has 16 heavy (non-hydrogen) atoms. The van der Waals surface area contributed by atoms with Crippen molar-refractivity contribution in [1.29, 1.82) is 0 Å². The van der Waals surface area contributed by atoms with Gasteiger partial charge in [0, 0.05) is 4.47 Å². The first-order valence-electron chi connectivity index (χ1n) is 4.27. The second-order valence-electron chi connectivity index (χ2n) is 3.20. The average molecular weight is 297 g/mol. The minimum atomic E-state index is -4.81. The predicted octanol–water partition coefficient (Wildman–Crippen LogP) is 3.86. The molecule has 0 saturated heterocycles. The summed E-state index contributed by atoms with van der Waals surface area (Å²) in [5.41, 5.74) is 0.377. The Hall–Kier alpha value is -1.04. The number of Topliss-reactive ketones (excluding diaryl/α,β-unsaturated/α-hetero) is 1. The van der Waals surface area contributed by atoms with Gasteiger partial charge in [0.25, 0.3) is 0 Å². The number of ketones is 1. The van der Waals surface area contributed by atoms with Crippen molar-refractivity contribution in [2.45, 2.75) is 20.2 Å². The van der Waals surface area contributed by atoms with Crippen LogP contribution in [0.25, 0.3) is 0 Å². The van der Waals surface area contributed by atoms with E-state index in [0.717, 1.165) is 6.07 Å². The van der Waals surface area contributed by atoms with Gasteiger partial charge in [0.2, 0.25) is 0 Å². The van der Waals surface area contributed by atoms with Gasteiger partial charge in [-0.2, -0.15) is 0 Å². The Morgan fingerprint density at radius 3 is 2.38 bits per heavy atom. The molecule has 0 heterocycles. The molecule has 0 bridgehead atoms. The molecule has 1 aromatic rings. The number of aryl methyl sites for hydroxylation is 1. The molecule has 2 nitrogen and oxygen atoms in total. The van der Waals surface area contributed by atoms with Gasteiger partial charge in [-0.1, -0.05) is 15.9 Å². The maximum Gasteiger partial charge on any atom is 0.573 e. The summed E-state index contributed by atoms with van der Waals surface area (Å²) in [6.07, 6.45) is -4.81. The second-order valence-corrected chi connectivity index (χ2v) is 4.12. The molecule has 0 spiro atoms. The van der Waals surface area contributed by atoms with Crippen LogP contribution in [0.3, 0.4) is 0 Å². The summed E-state index contributed by atoms with van der Waals surface area (Å²) in [6, 6.07) is 2.68. The lowest BCUT2D eigenvalue weighted by atomic mass is 10.0. The maximum absolute atomic E-state index is 12.1. The fraction of sp³-hybridized carbons (Fsp3) is 0.300. The Kier molecular flexibility index (Phi) is 3.62. The van der Waals surface area contributed by atoms with Gasteiger partial charge in [-0.3, -0.25) is 4.79 Å². The van der Waals surface area contributed by atoms with Crippen molar-refractivity contribution in [1.82, 2.24) is 0 Å². The highest BCUT2D eigenvalue weighted by atomic mass is 79.9. The van der Waals surface area contributed by atoms with Gasteiger partial charge in [-0.05, 0) is 31.5 Å². The van der Waals surface area contributed by atoms with E-state index < -0.39 is 17.9 Å². The monoisotopic (exact) mass is 296 g/mol. The summed E-state index contributed by atoms with van der Waals surface area (Å²) in [5.74, 6) is -0.948. The SMILES string of the molecule is CC(=O)c1c(C)cc(Br)cc1OC(F)(F)F. The fourth-order valence-electron chi connectivity index (χ4n) is 1.37. The van der Waals surface area contributed by atoms with Crippen LogP contribution in [-0.2, 0) is 0 Å². The van der Waals surface area contributed by atoms with Gasteiger partial charge in [-0.25, -0.2) is 0 Å². The number of carbonyl (C=O) groups is 1. The number of rotatable bonds is 2. The fourth-order valence-corrected chi connectivity index (χ4v) is 1.92. The average Bonchev–Trinajstić information content (AvgIpc) is 1.96. The van der Waals surface area contributed by atoms with Crippen LogP contribution in [0.5, 0.6) is 5.75 Å². The first-order chi connectivity index (χ1) is 7.20. The Labute approximate surface area is 98.5 Å². The molecule has 0 aliphatic heterocycles. The summed E-state index contributed by atoms with van der Waals surface area (Å²) < 4.78 is 40.5. The van der Waals surface area contributed by atoms with Gasteiger partial charge in [-0.15, -0.1) is 13.2 Å². The lowest BCUT2D eigenvalue weighted by molar-refractivity contribution is -0.274. The minimum absolute atomic E-state index is 0.0551. The van der Waals surface area contributed by atoms with Crippen molar-refractivity contribution in [2.24, 2.45) is 0 Å². The Morgan fingerprint density at radius 2 is 1.94 bits per heavy atom. The van der Waals surface area contributed by atoms with Crippen LogP contribution in [0.15, 0.2) is 16.6 Å². The zero-order valence-electron chi connectivity index (χ0n) is 8.48. The molecule has 0 N–H and O–H groups in total. The summed E-state index contributed by atoms with van der Waals surface area (Å²) in [4.78, 5) is 11.2. The highest BCUT2D eigenvalue weighted by molar-refractivity contribution is 9.10. The lowest BCUT2D eigenvalue weighted by Gasteiger charge is -2.14. The number of hydrogen-bond donors (Lipinski definition) is 0.